The molecule has 9 heteroatoms. The Labute approximate surface area is 183 Å². The Morgan fingerprint density at radius 3 is 2.71 bits per heavy atom. The van der Waals surface area contributed by atoms with E-state index in [0.717, 1.165) is 51.0 Å². The van der Waals surface area contributed by atoms with Crippen LogP contribution in [0.2, 0.25) is 0 Å². The summed E-state index contributed by atoms with van der Waals surface area (Å²) in [5.41, 5.74) is 0.387. The summed E-state index contributed by atoms with van der Waals surface area (Å²) in [6, 6.07) is 10.2. The largest absolute Gasteiger partial charge is 0.355 e. The van der Waals surface area contributed by atoms with Gasteiger partial charge in [-0.3, -0.25) is 4.90 Å². The van der Waals surface area contributed by atoms with Crippen molar-refractivity contribution in [2.24, 2.45) is 0 Å². The molecule has 0 unspecified atom stereocenters. The van der Waals surface area contributed by atoms with Crippen molar-refractivity contribution in [2.75, 3.05) is 41.7 Å². The minimum atomic E-state index is -0.835. The Hall–Kier alpha value is -3.04. The number of hydrogen-bond donors (Lipinski definition) is 2. The lowest BCUT2D eigenvalue weighted by Crippen LogP contribution is -2.30. The Kier molecular flexibility index (Phi) is 6.73. The number of nitrogens with zero attached hydrogens (tertiary/aromatic N) is 3. The Morgan fingerprint density at radius 2 is 1.97 bits per heavy atom. The van der Waals surface area contributed by atoms with E-state index in [-0.39, 0.29) is 5.69 Å². The van der Waals surface area contributed by atoms with Gasteiger partial charge < -0.3 is 15.5 Å². The van der Waals surface area contributed by atoms with Gasteiger partial charge in [-0.2, -0.15) is 0 Å². The fourth-order valence-corrected chi connectivity index (χ4v) is 4.25. The average Bonchev–Trinajstić information content (AvgIpc) is 3.15. The molecule has 4 rings (SSSR count). The quantitative estimate of drug-likeness (QED) is 0.596. The molecule has 2 amide bonds. The fraction of sp³-hybridized carbons (Fsp3) is 0.273. The lowest BCUT2D eigenvalue weighted by Gasteiger charge is -2.22. The zero-order chi connectivity index (χ0) is 21.6. The minimum absolute atomic E-state index is 0.0971. The molecule has 1 aliphatic rings. The molecule has 0 radical (unpaired) electrons. The van der Waals surface area contributed by atoms with Crippen LogP contribution in [-0.4, -0.2) is 42.1 Å². The summed E-state index contributed by atoms with van der Waals surface area (Å²) in [5, 5.41) is 7.07. The van der Waals surface area contributed by atoms with Gasteiger partial charge in [-0.1, -0.05) is 6.07 Å². The van der Waals surface area contributed by atoms with Crippen LogP contribution in [0.4, 0.5) is 30.8 Å². The van der Waals surface area contributed by atoms with E-state index in [1.165, 1.54) is 10.9 Å². The number of urea groups is 1. The van der Waals surface area contributed by atoms with Crippen molar-refractivity contribution in [3.8, 4) is 0 Å². The number of halogens is 2. The second kappa shape index (κ2) is 9.84. The fourth-order valence-electron chi connectivity index (χ4n) is 3.50. The monoisotopic (exact) mass is 443 g/mol. The maximum Gasteiger partial charge on any atom is 0.323 e. The van der Waals surface area contributed by atoms with E-state index < -0.39 is 17.7 Å². The number of anilines is 3. The predicted molar refractivity (Wildman–Crippen MR) is 120 cm³/mol. The van der Waals surface area contributed by atoms with Crippen LogP contribution < -0.4 is 15.5 Å². The van der Waals surface area contributed by atoms with Crippen LogP contribution in [0, 0.1) is 11.6 Å². The first-order chi connectivity index (χ1) is 15.1. The standard InChI is InChI=1S/C22H23F2N5OS/c23-16-4-6-20(19(24)13-16)27-22(30)26-17-5-7-21(25-14-17)29-9-2-8-28(10-11-29)15-18-3-1-12-31-18/h1,3-7,12-14H,2,8-11,15H2,(H2,26,27,30). The molecule has 3 aromatic rings. The molecule has 0 saturated carbocycles. The van der Waals surface area contributed by atoms with Crippen LogP contribution in [0.1, 0.15) is 11.3 Å². The van der Waals surface area contributed by atoms with Gasteiger partial charge in [0.15, 0.2) is 0 Å². The molecule has 3 heterocycles. The second-order valence-electron chi connectivity index (χ2n) is 7.30. The summed E-state index contributed by atoms with van der Waals surface area (Å²) < 4.78 is 26.6. The molecule has 2 aromatic heterocycles. The van der Waals surface area contributed by atoms with Crippen molar-refractivity contribution in [2.45, 2.75) is 13.0 Å². The summed E-state index contributed by atoms with van der Waals surface area (Å²) in [4.78, 5) is 22.6. The van der Waals surface area contributed by atoms with Gasteiger partial charge in [0.25, 0.3) is 0 Å². The SMILES string of the molecule is O=C(Nc1ccc(N2CCCN(Cc3cccs3)CC2)nc1)Nc1ccc(F)cc1F. The van der Waals surface area contributed by atoms with Gasteiger partial charge in [0.2, 0.25) is 0 Å². The van der Waals surface area contributed by atoms with E-state index in [1.54, 1.807) is 23.6 Å². The van der Waals surface area contributed by atoms with Crippen molar-refractivity contribution in [1.29, 1.82) is 0 Å². The third-order valence-corrected chi connectivity index (χ3v) is 5.92. The second-order valence-corrected chi connectivity index (χ2v) is 8.34. The summed E-state index contributed by atoms with van der Waals surface area (Å²) in [6.45, 7) is 4.80. The molecule has 0 atom stereocenters. The summed E-state index contributed by atoms with van der Waals surface area (Å²) in [5.74, 6) is -0.683. The molecule has 162 valence electrons. The molecule has 1 aromatic carbocycles. The number of benzene rings is 1. The van der Waals surface area contributed by atoms with E-state index in [2.05, 4.69) is 42.9 Å². The number of nitrogens with one attached hydrogen (secondary N) is 2. The van der Waals surface area contributed by atoms with Crippen molar-refractivity contribution in [3.05, 3.63) is 70.6 Å². The number of pyridine rings is 1. The first-order valence-corrected chi connectivity index (χ1v) is 10.9. The van der Waals surface area contributed by atoms with Crippen LogP contribution in [0.25, 0.3) is 0 Å². The van der Waals surface area contributed by atoms with E-state index >= 15 is 0 Å². The number of carbonyl (C=O) groups is 1. The van der Waals surface area contributed by atoms with Gasteiger partial charge in [0.05, 0.1) is 17.6 Å². The third-order valence-electron chi connectivity index (χ3n) is 5.06. The summed E-state index contributed by atoms with van der Waals surface area (Å²) >= 11 is 1.78. The Morgan fingerprint density at radius 1 is 1.06 bits per heavy atom. The van der Waals surface area contributed by atoms with E-state index in [4.69, 9.17) is 0 Å². The van der Waals surface area contributed by atoms with Crippen LogP contribution in [0.5, 0.6) is 0 Å². The Bertz CT molecular complexity index is 1010. The Balaban J connectivity index is 1.31. The lowest BCUT2D eigenvalue weighted by atomic mass is 10.3. The third kappa shape index (κ3) is 5.77. The highest BCUT2D eigenvalue weighted by molar-refractivity contribution is 7.09. The van der Waals surface area contributed by atoms with Gasteiger partial charge in [-0.15, -0.1) is 11.3 Å². The number of aromatic nitrogens is 1. The zero-order valence-electron chi connectivity index (χ0n) is 16.9. The van der Waals surface area contributed by atoms with E-state index in [1.807, 2.05) is 6.07 Å². The first-order valence-electron chi connectivity index (χ1n) is 10.1. The molecular formula is C22H23F2N5OS. The average molecular weight is 444 g/mol. The first kappa shape index (κ1) is 21.2. The van der Waals surface area contributed by atoms with E-state index in [9.17, 15) is 13.6 Å². The predicted octanol–water partition coefficient (Wildman–Crippen LogP) is 4.78. The molecule has 31 heavy (non-hydrogen) atoms. The molecule has 0 aliphatic carbocycles. The van der Waals surface area contributed by atoms with Crippen molar-refractivity contribution >= 4 is 34.6 Å². The molecule has 1 fully saturated rings. The van der Waals surface area contributed by atoms with Crippen molar-refractivity contribution < 1.29 is 13.6 Å². The number of rotatable bonds is 5. The molecule has 6 nitrogen and oxygen atoms in total. The topological polar surface area (TPSA) is 60.5 Å². The maximum absolute atomic E-state index is 13.7. The molecule has 2 N–H and O–H groups in total. The van der Waals surface area contributed by atoms with Crippen LogP contribution >= 0.6 is 11.3 Å². The van der Waals surface area contributed by atoms with Crippen LogP contribution in [0.3, 0.4) is 0 Å². The number of carbonyl (C=O) groups excluding carboxylic acids is 1. The number of thiophene rings is 1. The number of hydrogen-bond acceptors (Lipinski definition) is 5. The van der Waals surface area contributed by atoms with Gasteiger partial charge >= 0.3 is 6.03 Å². The highest BCUT2D eigenvalue weighted by atomic mass is 32.1. The van der Waals surface area contributed by atoms with Crippen LogP contribution in [-0.2, 0) is 6.54 Å². The minimum Gasteiger partial charge on any atom is -0.355 e. The maximum atomic E-state index is 13.7. The zero-order valence-corrected chi connectivity index (χ0v) is 17.7. The van der Waals surface area contributed by atoms with Gasteiger partial charge in [0.1, 0.15) is 17.5 Å². The molecular weight excluding hydrogens is 420 g/mol. The summed E-state index contributed by atoms with van der Waals surface area (Å²) in [6.07, 6.45) is 2.63. The molecule has 1 aliphatic heterocycles. The highest BCUT2D eigenvalue weighted by Gasteiger charge is 2.17. The van der Waals surface area contributed by atoms with Gasteiger partial charge in [-0.25, -0.2) is 18.6 Å². The highest BCUT2D eigenvalue weighted by Crippen LogP contribution is 2.19. The molecule has 0 bridgehead atoms. The molecule has 0 spiro atoms. The van der Waals surface area contributed by atoms with Crippen LogP contribution in [0.15, 0.2) is 54.0 Å². The lowest BCUT2D eigenvalue weighted by molar-refractivity contribution is 0.262. The number of amides is 2. The van der Waals surface area contributed by atoms with E-state index in [0.29, 0.717) is 11.8 Å². The van der Waals surface area contributed by atoms with Crippen molar-refractivity contribution in [1.82, 2.24) is 9.88 Å². The van der Waals surface area contributed by atoms with Crippen molar-refractivity contribution in [3.63, 3.8) is 0 Å². The van der Waals surface area contributed by atoms with Gasteiger partial charge in [-0.05, 0) is 42.1 Å². The smallest absolute Gasteiger partial charge is 0.323 e. The summed E-state index contributed by atoms with van der Waals surface area (Å²) in [7, 11) is 0. The van der Waals surface area contributed by atoms with Gasteiger partial charge in [0, 0.05) is 43.7 Å². The normalized spacial score (nSPS) is 14.8. The molecule has 1 saturated heterocycles.